The lowest BCUT2D eigenvalue weighted by atomic mass is 10.1. The topological polar surface area (TPSA) is 133 Å². The van der Waals surface area contributed by atoms with E-state index in [1.54, 1.807) is 0 Å². The summed E-state index contributed by atoms with van der Waals surface area (Å²) >= 11 is 0. The Morgan fingerprint density at radius 2 is 1.28 bits per heavy atom. The lowest BCUT2D eigenvalue weighted by Crippen LogP contribution is -2.45. The lowest BCUT2D eigenvalue weighted by molar-refractivity contribution is -0.873. The van der Waals surface area contributed by atoms with Gasteiger partial charge in [0.1, 0.15) is 13.1 Å². The van der Waals surface area contributed by atoms with Gasteiger partial charge in [-0.1, -0.05) is 78.1 Å². The average Bonchev–Trinajstić information content (AvgIpc) is 2.75. The number of aliphatic carboxylic acids is 2. The van der Waals surface area contributed by atoms with Gasteiger partial charge in [0.2, 0.25) is 5.91 Å². The highest BCUT2D eigenvalue weighted by atomic mass is 16.5. The van der Waals surface area contributed by atoms with Crippen LogP contribution in [0, 0.1) is 0 Å². The third-order valence-corrected chi connectivity index (χ3v) is 5.37. The van der Waals surface area contributed by atoms with Gasteiger partial charge in [-0.15, -0.1) is 0 Å². The van der Waals surface area contributed by atoms with Gasteiger partial charge in [0.25, 0.3) is 0 Å². The van der Waals surface area contributed by atoms with Crippen molar-refractivity contribution >= 4 is 23.8 Å². The van der Waals surface area contributed by atoms with Gasteiger partial charge < -0.3 is 29.5 Å². The Balaban J connectivity index is 0. The highest BCUT2D eigenvalue weighted by Gasteiger charge is 2.22. The summed E-state index contributed by atoms with van der Waals surface area (Å²) in [6.45, 7) is 4.53. The van der Waals surface area contributed by atoms with Crippen LogP contribution < -0.4 is 10.4 Å². The Morgan fingerprint density at radius 3 is 1.72 bits per heavy atom. The number of carboxylic acid groups (broad SMARTS) is 2. The fourth-order valence-corrected chi connectivity index (χ4v) is 3.56. The molecule has 0 radical (unpaired) electrons. The zero-order valence-corrected chi connectivity index (χ0v) is 23.4. The Kier molecular flexibility index (Phi) is 23.3. The minimum atomic E-state index is -1.18. The van der Waals surface area contributed by atoms with Crippen LogP contribution in [0.15, 0.2) is 0 Å². The number of ether oxygens (including phenoxy) is 1. The van der Waals surface area contributed by atoms with E-state index in [1.165, 1.54) is 38.5 Å². The van der Waals surface area contributed by atoms with Crippen LogP contribution in [0.5, 0.6) is 0 Å². The molecule has 0 saturated carbocycles. The Morgan fingerprint density at radius 1 is 0.806 bits per heavy atom. The Labute approximate surface area is 218 Å². The number of quaternary nitrogens is 1. The summed E-state index contributed by atoms with van der Waals surface area (Å²) in [5.74, 6) is -2.64. The number of nitrogens with zero attached hydrogens (tertiary/aromatic N) is 1. The van der Waals surface area contributed by atoms with Gasteiger partial charge >= 0.3 is 11.9 Å². The summed E-state index contributed by atoms with van der Waals surface area (Å²) in [5.41, 5.74) is 0. The molecule has 0 aromatic heterocycles. The molecule has 1 atom stereocenters. The smallest absolute Gasteiger partial charge is 0.322 e. The van der Waals surface area contributed by atoms with Crippen molar-refractivity contribution < 1.29 is 38.6 Å². The molecule has 0 bridgehead atoms. The van der Waals surface area contributed by atoms with Crippen molar-refractivity contribution in [3.05, 3.63) is 0 Å². The molecule has 9 nitrogen and oxygen atoms in total. The Bertz CT molecular complexity index is 603. The van der Waals surface area contributed by atoms with E-state index < -0.39 is 18.0 Å². The first-order valence-corrected chi connectivity index (χ1v) is 13.6. The van der Waals surface area contributed by atoms with Crippen molar-refractivity contribution in [1.82, 2.24) is 5.32 Å². The lowest BCUT2D eigenvalue weighted by Gasteiger charge is -2.29. The van der Waals surface area contributed by atoms with Crippen molar-refractivity contribution in [2.75, 3.05) is 34.2 Å². The van der Waals surface area contributed by atoms with Crippen molar-refractivity contribution in [2.24, 2.45) is 0 Å². The summed E-state index contributed by atoms with van der Waals surface area (Å²) in [6.07, 6.45) is 13.4. The molecule has 1 unspecified atom stereocenters. The zero-order valence-electron chi connectivity index (χ0n) is 23.4. The minimum Gasteiger partial charge on any atom is -0.550 e. The maximum atomic E-state index is 11.8. The van der Waals surface area contributed by atoms with E-state index in [2.05, 4.69) is 19.2 Å². The number of hydrogen-bond acceptors (Lipinski definition) is 6. The molecule has 1 amide bonds. The van der Waals surface area contributed by atoms with Gasteiger partial charge in [0, 0.05) is 25.2 Å². The first kappa shape index (κ1) is 36.0. The quantitative estimate of drug-likeness (QED) is 0.136. The van der Waals surface area contributed by atoms with Crippen LogP contribution >= 0.6 is 0 Å². The molecule has 0 aliphatic heterocycles. The maximum Gasteiger partial charge on any atom is 0.322 e. The number of carbonyl (C=O) groups excluding carboxylic acids is 3. The molecule has 0 heterocycles. The van der Waals surface area contributed by atoms with Gasteiger partial charge in [-0.2, -0.15) is 0 Å². The molecule has 0 aliphatic rings. The van der Waals surface area contributed by atoms with Crippen molar-refractivity contribution in [3.8, 4) is 0 Å². The highest BCUT2D eigenvalue weighted by molar-refractivity contribution is 5.80. The van der Waals surface area contributed by atoms with Crippen LogP contribution in [0.25, 0.3) is 0 Å². The van der Waals surface area contributed by atoms with E-state index in [9.17, 15) is 24.3 Å². The van der Waals surface area contributed by atoms with E-state index >= 15 is 0 Å². The third kappa shape index (κ3) is 29.9. The number of likely N-dealkylation sites (N-methyl/N-ethyl adjacent to an activating group) is 1. The summed E-state index contributed by atoms with van der Waals surface area (Å²) in [5, 5.41) is 21.4. The van der Waals surface area contributed by atoms with Crippen molar-refractivity contribution in [1.29, 1.82) is 0 Å². The summed E-state index contributed by atoms with van der Waals surface area (Å²) in [4.78, 5) is 43.7. The first-order valence-electron chi connectivity index (χ1n) is 13.6. The molecule has 0 fully saturated rings. The number of hydrogen-bond donors (Lipinski definition) is 2. The fraction of sp³-hybridized carbons (Fsp3) is 0.852. The van der Waals surface area contributed by atoms with Crippen LogP contribution in [0.3, 0.4) is 0 Å². The fourth-order valence-electron chi connectivity index (χ4n) is 3.56. The third-order valence-electron chi connectivity index (χ3n) is 5.37. The zero-order chi connectivity index (χ0) is 27.8. The van der Waals surface area contributed by atoms with Gasteiger partial charge in [-0.05, 0) is 12.8 Å². The molecular weight excluding hydrogens is 464 g/mol. The maximum absolute atomic E-state index is 11.8. The van der Waals surface area contributed by atoms with E-state index in [0.717, 1.165) is 38.5 Å². The van der Waals surface area contributed by atoms with E-state index in [1.807, 2.05) is 21.1 Å². The molecule has 0 aromatic carbocycles. The SMILES string of the molecule is CCCCCCCC(=O)NCC(=O)O.CCCCCCCCCC(=O)OC(CC(=O)[O-])C[N+](C)(C)C. The second-order valence-corrected chi connectivity index (χ2v) is 10.4. The number of esters is 1. The number of amides is 1. The second-order valence-electron chi connectivity index (χ2n) is 10.4. The van der Waals surface area contributed by atoms with E-state index in [-0.39, 0.29) is 24.8 Å². The van der Waals surface area contributed by atoms with Crippen molar-refractivity contribution in [3.63, 3.8) is 0 Å². The molecule has 36 heavy (non-hydrogen) atoms. The number of rotatable bonds is 21. The highest BCUT2D eigenvalue weighted by Crippen LogP contribution is 2.11. The second kappa shape index (κ2) is 23.3. The van der Waals surface area contributed by atoms with Gasteiger partial charge in [0.05, 0.1) is 21.1 Å². The summed E-state index contributed by atoms with van der Waals surface area (Å²) < 4.78 is 5.85. The average molecular weight is 517 g/mol. The molecule has 0 aliphatic carbocycles. The Hall–Kier alpha value is -2.16. The predicted molar refractivity (Wildman–Crippen MR) is 139 cm³/mol. The normalized spacial score (nSPS) is 11.7. The van der Waals surface area contributed by atoms with Gasteiger partial charge in [-0.25, -0.2) is 0 Å². The van der Waals surface area contributed by atoms with Crippen LogP contribution in [-0.4, -0.2) is 73.7 Å². The number of unbranched alkanes of at least 4 members (excludes halogenated alkanes) is 10. The van der Waals surface area contributed by atoms with Crippen LogP contribution in [0.1, 0.15) is 110 Å². The molecule has 212 valence electrons. The van der Waals surface area contributed by atoms with Crippen LogP contribution in [0.2, 0.25) is 0 Å². The van der Waals surface area contributed by atoms with Crippen molar-refractivity contribution in [2.45, 2.75) is 116 Å². The molecule has 0 aromatic rings. The monoisotopic (exact) mass is 516 g/mol. The molecular formula is C27H52N2O7. The number of nitrogens with one attached hydrogen (secondary N) is 1. The molecule has 0 spiro atoms. The largest absolute Gasteiger partial charge is 0.550 e. The minimum absolute atomic E-state index is 0.163. The molecule has 0 saturated heterocycles. The molecule has 0 rings (SSSR count). The van der Waals surface area contributed by atoms with Crippen LogP contribution in [0.4, 0.5) is 0 Å². The molecule has 9 heteroatoms. The summed E-state index contributed by atoms with van der Waals surface area (Å²) in [7, 11) is 5.81. The standard InChI is InChI=1S/C17H33NO4.C10H19NO3/c1-5-6-7-8-9-10-11-12-17(21)22-15(13-16(19)20)14-18(2,3)4;1-2-3-4-5-6-7-9(12)11-8-10(13)14/h15H,5-14H2,1-4H3;2-8H2,1H3,(H,11,12)(H,13,14). The predicted octanol–water partition coefficient (Wildman–Crippen LogP) is 3.43. The molecule has 2 N–H and O–H groups in total. The summed E-state index contributed by atoms with van der Waals surface area (Å²) in [6, 6.07) is 0. The van der Waals surface area contributed by atoms with E-state index in [4.69, 9.17) is 9.84 Å². The van der Waals surface area contributed by atoms with Gasteiger partial charge in [0.15, 0.2) is 6.10 Å². The van der Waals surface area contributed by atoms with Gasteiger partial charge in [-0.3, -0.25) is 14.4 Å². The number of carbonyl (C=O) groups is 4. The number of carboxylic acids is 2. The van der Waals surface area contributed by atoms with Crippen LogP contribution in [-0.2, 0) is 23.9 Å². The first-order chi connectivity index (χ1) is 16.9. The van der Waals surface area contributed by atoms with E-state index in [0.29, 0.717) is 23.9 Å².